The Balaban J connectivity index is 1.23. The average Bonchev–Trinajstić information content (AvgIpc) is 3.28. The number of primary amides is 1. The van der Waals surface area contributed by atoms with Gasteiger partial charge in [-0.05, 0) is 131 Å². The Morgan fingerprint density at radius 2 is 1.09 bits per heavy atom. The number of phenolic OH excluding ortho intramolecular Hbond substituents is 1. The lowest BCUT2D eigenvalue weighted by molar-refractivity contribution is -0.134. The second-order valence-electron chi connectivity index (χ2n) is 15.0. The van der Waals surface area contributed by atoms with E-state index in [4.69, 9.17) is 30.4 Å². The lowest BCUT2D eigenvalue weighted by Gasteiger charge is -2.24. The predicted molar refractivity (Wildman–Crippen MR) is 242 cm³/mol. The van der Waals surface area contributed by atoms with Gasteiger partial charge in [-0.25, -0.2) is 4.79 Å². The van der Waals surface area contributed by atoms with E-state index in [1.807, 2.05) is 0 Å². The van der Waals surface area contributed by atoms with Crippen molar-refractivity contribution in [3.63, 3.8) is 0 Å². The lowest BCUT2D eigenvalue weighted by Crippen LogP contribution is -2.56. The fourth-order valence-electron chi connectivity index (χ4n) is 6.19. The summed E-state index contributed by atoms with van der Waals surface area (Å²) in [6.45, 7) is 6.77. The third kappa shape index (κ3) is 12.8. The molecule has 0 saturated heterocycles. The summed E-state index contributed by atoms with van der Waals surface area (Å²) in [7, 11) is 1.13. The van der Waals surface area contributed by atoms with E-state index in [2.05, 4.69) is 26.6 Å². The molecule has 67 heavy (non-hydrogen) atoms. The number of rotatable bonds is 19. The Hall–Kier alpha value is -8.53. The summed E-state index contributed by atoms with van der Waals surface area (Å²) in [5.74, 6) is -6.69. The Morgan fingerprint density at radius 1 is 0.597 bits per heavy atom. The monoisotopic (exact) mass is 921 g/mol. The summed E-state index contributed by atoms with van der Waals surface area (Å²) >= 11 is 0. The zero-order valence-corrected chi connectivity index (χ0v) is 36.5. The number of ether oxygens (including phenoxy) is 3. The van der Waals surface area contributed by atoms with Crippen LogP contribution in [-0.2, 0) is 14.3 Å². The molecule has 0 aliphatic rings. The zero-order valence-electron chi connectivity index (χ0n) is 36.5. The number of phenols is 1. The van der Waals surface area contributed by atoms with Crippen molar-refractivity contribution in [2.24, 2.45) is 5.73 Å². The fourth-order valence-corrected chi connectivity index (χ4v) is 6.19. The minimum atomic E-state index is -1.66. The van der Waals surface area contributed by atoms with Crippen LogP contribution in [-0.4, -0.2) is 93.5 Å². The molecule has 5 aromatic rings. The van der Waals surface area contributed by atoms with Crippen LogP contribution in [0.5, 0.6) is 17.2 Å². The number of nitrogens with one attached hydrogen (secondary N) is 5. The number of nitrogens with zero attached hydrogens (tertiary/aromatic N) is 1. The molecule has 6 amide bonds. The summed E-state index contributed by atoms with van der Waals surface area (Å²) in [4.78, 5) is 90.1. The first kappa shape index (κ1) is 49.5. The van der Waals surface area contributed by atoms with Crippen LogP contribution in [0, 0.1) is 0 Å². The van der Waals surface area contributed by atoms with Gasteiger partial charge in [-0.1, -0.05) is 0 Å². The van der Waals surface area contributed by atoms with E-state index in [-0.39, 0.29) is 73.4 Å². The highest BCUT2D eigenvalue weighted by Gasteiger charge is 2.34. The molecule has 350 valence electrons. The number of aromatic hydroxyl groups is 1. The highest BCUT2D eigenvalue weighted by atomic mass is 16.8. The van der Waals surface area contributed by atoms with Crippen molar-refractivity contribution in [3.8, 4) is 17.2 Å². The molecule has 0 aromatic heterocycles. The molecule has 0 heterocycles. The largest absolute Gasteiger partial charge is 0.504 e. The summed E-state index contributed by atoms with van der Waals surface area (Å²) in [5.41, 5.74) is 6.25. The maximum Gasteiger partial charge on any atom is 0.335 e. The number of carbonyl (C=O) groups excluding carboxylic acids is 6. The second kappa shape index (κ2) is 21.9. The number of amides is 6. The summed E-state index contributed by atoms with van der Waals surface area (Å²) in [6, 6.07) is 21.2. The smallest absolute Gasteiger partial charge is 0.335 e. The van der Waals surface area contributed by atoms with Crippen LogP contribution in [0.4, 0.5) is 28.4 Å². The summed E-state index contributed by atoms with van der Waals surface area (Å²) < 4.78 is 16.8. The molecule has 2 unspecified atom stereocenters. The lowest BCUT2D eigenvalue weighted by atomic mass is 10.1. The van der Waals surface area contributed by atoms with Gasteiger partial charge in [0, 0.05) is 35.2 Å². The first-order valence-corrected chi connectivity index (χ1v) is 20.2. The molecule has 5 aromatic carbocycles. The van der Waals surface area contributed by atoms with Gasteiger partial charge in [-0.3, -0.25) is 39.2 Å². The van der Waals surface area contributed by atoms with Gasteiger partial charge in [0.25, 0.3) is 29.5 Å². The molecule has 0 aliphatic heterocycles. The van der Waals surface area contributed by atoms with Gasteiger partial charge in [0.15, 0.2) is 17.6 Å². The molecule has 11 N–H and O–H groups in total. The van der Waals surface area contributed by atoms with Crippen molar-refractivity contribution in [1.82, 2.24) is 5.32 Å². The van der Waals surface area contributed by atoms with E-state index < -0.39 is 65.4 Å². The van der Waals surface area contributed by atoms with Crippen LogP contribution in [0.15, 0.2) is 103 Å². The van der Waals surface area contributed by atoms with Crippen molar-refractivity contribution < 1.29 is 68.4 Å². The van der Waals surface area contributed by atoms with Crippen molar-refractivity contribution in [1.29, 1.82) is 0 Å². The molecule has 21 heteroatoms. The molecule has 21 nitrogen and oxygen atoms in total. The number of anilines is 5. The number of aromatic carboxylic acids is 1. The normalized spacial score (nSPS) is 11.7. The first-order valence-electron chi connectivity index (χ1n) is 20.2. The van der Waals surface area contributed by atoms with E-state index >= 15 is 0 Å². The van der Waals surface area contributed by atoms with Crippen molar-refractivity contribution >= 4 is 69.8 Å². The van der Waals surface area contributed by atoms with Crippen molar-refractivity contribution in [2.45, 2.75) is 52.0 Å². The number of benzene rings is 5. The Bertz CT molecular complexity index is 2650. The standard InChI is InChI=1S/C46H47N7O14/c1-23(2)66-35-22-28(46(61)62)12-20-33(35)50-44(59)32-19-21-34(38(37(32)54)67-24(3)4)51-42(57)25-6-15-30(16-7-25)49-45(60)39(65-5)36(40(47)55)52-43(58)26-8-13-29(14-9-26)48-41(56)27-10-17-31(18-11-27)53(63)64/h6-24,36,39,54,63-64H,1-5H3,(H2,47,55)(H,48,56)(H,49,60)(H,50,59)(H,51,57)(H,52,58)(H,61,62). The Morgan fingerprint density at radius 3 is 1.61 bits per heavy atom. The Labute approximate surface area is 382 Å². The van der Waals surface area contributed by atoms with Crippen molar-refractivity contribution in [2.75, 3.05) is 33.6 Å². The topological polar surface area (TPSA) is 318 Å². The highest BCUT2D eigenvalue weighted by molar-refractivity contribution is 6.10. The second-order valence-corrected chi connectivity index (χ2v) is 15.0. The van der Waals surface area contributed by atoms with Gasteiger partial charge in [-0.15, -0.1) is 5.23 Å². The zero-order chi connectivity index (χ0) is 49.1. The number of methoxy groups -OCH3 is 1. The third-order valence-corrected chi connectivity index (χ3v) is 9.41. The van der Waals surface area contributed by atoms with Crippen LogP contribution in [0.1, 0.15) is 79.5 Å². The number of nitrogens with two attached hydrogens (primary N) is 1. The van der Waals surface area contributed by atoms with E-state index in [0.717, 1.165) is 7.11 Å². The van der Waals surface area contributed by atoms with E-state index in [9.17, 15) is 43.8 Å². The minimum Gasteiger partial charge on any atom is -0.504 e. The molecule has 0 bridgehead atoms. The van der Waals surface area contributed by atoms with Crippen LogP contribution in [0.2, 0.25) is 0 Å². The van der Waals surface area contributed by atoms with E-state index in [0.29, 0.717) is 5.69 Å². The average molecular weight is 922 g/mol. The molecule has 0 fully saturated rings. The molecule has 0 spiro atoms. The minimum absolute atomic E-state index is 0.00750. The van der Waals surface area contributed by atoms with Crippen LogP contribution >= 0.6 is 0 Å². The Kier molecular flexibility index (Phi) is 16.2. The predicted octanol–water partition coefficient (Wildman–Crippen LogP) is 5.24. The summed E-state index contributed by atoms with van der Waals surface area (Å²) in [6.07, 6.45) is -2.51. The van der Waals surface area contributed by atoms with Crippen LogP contribution in [0.25, 0.3) is 0 Å². The molecule has 0 aliphatic carbocycles. The molecule has 0 radical (unpaired) electrons. The summed E-state index contributed by atoms with van der Waals surface area (Å²) in [5, 5.41) is 51.6. The van der Waals surface area contributed by atoms with Crippen LogP contribution < -0.4 is 47.0 Å². The third-order valence-electron chi connectivity index (χ3n) is 9.41. The SMILES string of the molecule is COC(C(=O)Nc1ccc(C(=O)Nc2ccc(C(=O)Nc3ccc(C(=O)O)cc3OC(C)C)c(O)c2OC(C)C)cc1)C(NC(=O)c1ccc(NC(=O)c2ccc(N(O)O)cc2)cc1)C(N)=O. The molecule has 2 atom stereocenters. The van der Waals surface area contributed by atoms with E-state index in [1.165, 1.54) is 103 Å². The van der Waals surface area contributed by atoms with Gasteiger partial charge in [0.1, 0.15) is 11.8 Å². The number of hydrogen-bond donors (Lipinski definition) is 10. The maximum atomic E-state index is 13.4. The number of carboxylic acid groups (broad SMARTS) is 1. The molecular formula is C46H47N7O14. The van der Waals surface area contributed by atoms with Gasteiger partial charge in [0.05, 0.1) is 40.4 Å². The van der Waals surface area contributed by atoms with E-state index in [1.54, 1.807) is 27.7 Å². The quantitative estimate of drug-likeness (QED) is 0.0473. The first-order chi connectivity index (χ1) is 31.8. The van der Waals surface area contributed by atoms with Gasteiger partial charge >= 0.3 is 5.97 Å². The number of hydrogen-bond acceptors (Lipinski definition) is 14. The maximum absolute atomic E-state index is 13.4. The van der Waals surface area contributed by atoms with Crippen molar-refractivity contribution in [3.05, 3.63) is 131 Å². The number of carbonyl (C=O) groups is 7. The van der Waals surface area contributed by atoms with Gasteiger partial charge in [0.2, 0.25) is 5.91 Å². The number of carboxylic acids is 1. The van der Waals surface area contributed by atoms with Gasteiger partial charge < -0.3 is 56.7 Å². The molecule has 5 rings (SSSR count). The molecular weight excluding hydrogens is 875 g/mol. The fraction of sp³-hybridized carbons (Fsp3) is 0.196. The van der Waals surface area contributed by atoms with Crippen LogP contribution in [0.3, 0.4) is 0 Å². The molecule has 0 saturated carbocycles. The highest BCUT2D eigenvalue weighted by Crippen LogP contribution is 2.39. The van der Waals surface area contributed by atoms with Gasteiger partial charge in [-0.2, -0.15) is 0 Å².